The molecule has 2 N–H and O–H groups in total. The summed E-state index contributed by atoms with van der Waals surface area (Å²) in [4.78, 5) is 2.43. The summed E-state index contributed by atoms with van der Waals surface area (Å²) < 4.78 is 1.17. The van der Waals surface area contributed by atoms with Crippen molar-refractivity contribution in [2.75, 3.05) is 26.7 Å². The molecule has 1 aromatic carbocycles. The van der Waals surface area contributed by atoms with Crippen molar-refractivity contribution < 1.29 is 0 Å². The summed E-state index contributed by atoms with van der Waals surface area (Å²) in [5.74, 6) is 0. The molecule has 1 fully saturated rings. The summed E-state index contributed by atoms with van der Waals surface area (Å²) in [6.45, 7) is 5.28. The van der Waals surface area contributed by atoms with Crippen molar-refractivity contribution in [3.8, 4) is 0 Å². The van der Waals surface area contributed by atoms with E-state index in [0.717, 1.165) is 26.1 Å². The van der Waals surface area contributed by atoms with Gasteiger partial charge in [-0.3, -0.25) is 0 Å². The van der Waals surface area contributed by atoms with Crippen molar-refractivity contribution in [3.63, 3.8) is 0 Å². The van der Waals surface area contributed by atoms with Crippen LogP contribution in [0, 0.1) is 12.3 Å². The number of nitrogens with zero attached hydrogens (tertiary/aromatic N) is 1. The Bertz CT molecular complexity index is 413. The molecule has 1 aliphatic rings. The third kappa shape index (κ3) is 3.56. The van der Waals surface area contributed by atoms with E-state index >= 15 is 0 Å². The van der Waals surface area contributed by atoms with Crippen LogP contribution in [0.5, 0.6) is 0 Å². The van der Waals surface area contributed by atoms with Gasteiger partial charge in [-0.05, 0) is 68.5 Å². The largest absolute Gasteiger partial charge is 0.330 e. The van der Waals surface area contributed by atoms with Crippen molar-refractivity contribution in [1.29, 1.82) is 0 Å². The maximum atomic E-state index is 5.84. The standard InChI is InChI=1S/C15H23BrN2/c1-12-3-4-14(16)9-13(12)5-8-18(2)11-15(10-17)6-7-15/h3-4,9H,5-8,10-11,17H2,1-2H3. The van der Waals surface area contributed by atoms with Gasteiger partial charge in [0.2, 0.25) is 0 Å². The predicted molar refractivity (Wildman–Crippen MR) is 80.8 cm³/mol. The van der Waals surface area contributed by atoms with E-state index in [2.05, 4.69) is 53.0 Å². The number of nitrogens with two attached hydrogens (primary N) is 1. The Morgan fingerprint density at radius 3 is 2.72 bits per heavy atom. The molecule has 0 unspecified atom stereocenters. The fraction of sp³-hybridized carbons (Fsp3) is 0.600. The van der Waals surface area contributed by atoms with Gasteiger partial charge in [0, 0.05) is 17.6 Å². The van der Waals surface area contributed by atoms with Gasteiger partial charge in [0.1, 0.15) is 0 Å². The van der Waals surface area contributed by atoms with Crippen molar-refractivity contribution in [1.82, 2.24) is 4.90 Å². The monoisotopic (exact) mass is 310 g/mol. The number of benzene rings is 1. The average Bonchev–Trinajstić information content (AvgIpc) is 3.11. The summed E-state index contributed by atoms with van der Waals surface area (Å²) in [5, 5.41) is 0. The lowest BCUT2D eigenvalue weighted by atomic mass is 10.0. The van der Waals surface area contributed by atoms with Crippen molar-refractivity contribution in [2.45, 2.75) is 26.2 Å². The van der Waals surface area contributed by atoms with Crippen LogP contribution in [-0.4, -0.2) is 31.6 Å². The molecule has 0 aromatic heterocycles. The quantitative estimate of drug-likeness (QED) is 0.875. The fourth-order valence-electron chi connectivity index (χ4n) is 2.48. The van der Waals surface area contributed by atoms with Crippen LogP contribution < -0.4 is 5.73 Å². The van der Waals surface area contributed by atoms with Gasteiger partial charge >= 0.3 is 0 Å². The third-order valence-corrected chi connectivity index (χ3v) is 4.56. The van der Waals surface area contributed by atoms with Gasteiger partial charge in [-0.1, -0.05) is 22.0 Å². The number of aryl methyl sites for hydroxylation is 1. The Hall–Kier alpha value is -0.380. The van der Waals surface area contributed by atoms with Gasteiger partial charge < -0.3 is 10.6 Å². The Morgan fingerprint density at radius 1 is 1.39 bits per heavy atom. The average molecular weight is 311 g/mol. The number of hydrogen-bond donors (Lipinski definition) is 1. The maximum absolute atomic E-state index is 5.84. The number of likely N-dealkylation sites (N-methyl/N-ethyl adjacent to an activating group) is 1. The highest BCUT2D eigenvalue weighted by atomic mass is 79.9. The molecule has 0 radical (unpaired) electrons. The zero-order valence-corrected chi connectivity index (χ0v) is 13.0. The lowest BCUT2D eigenvalue weighted by molar-refractivity contribution is 0.269. The van der Waals surface area contributed by atoms with E-state index in [0.29, 0.717) is 5.41 Å². The molecule has 18 heavy (non-hydrogen) atoms. The summed E-state index contributed by atoms with van der Waals surface area (Å²) in [5.41, 5.74) is 9.10. The van der Waals surface area contributed by atoms with Crippen LogP contribution in [-0.2, 0) is 6.42 Å². The van der Waals surface area contributed by atoms with E-state index in [1.807, 2.05) is 0 Å². The first-order valence-electron chi connectivity index (χ1n) is 6.68. The van der Waals surface area contributed by atoms with Crippen LogP contribution in [0.1, 0.15) is 24.0 Å². The Balaban J connectivity index is 1.85. The van der Waals surface area contributed by atoms with E-state index in [1.54, 1.807) is 0 Å². The fourth-order valence-corrected chi connectivity index (χ4v) is 2.88. The van der Waals surface area contributed by atoms with Crippen LogP contribution in [0.15, 0.2) is 22.7 Å². The molecule has 0 atom stereocenters. The van der Waals surface area contributed by atoms with Crippen LogP contribution in [0.2, 0.25) is 0 Å². The van der Waals surface area contributed by atoms with Gasteiger partial charge in [-0.25, -0.2) is 0 Å². The van der Waals surface area contributed by atoms with Crippen LogP contribution in [0.3, 0.4) is 0 Å². The van der Waals surface area contributed by atoms with E-state index in [-0.39, 0.29) is 0 Å². The molecule has 2 nitrogen and oxygen atoms in total. The highest BCUT2D eigenvalue weighted by molar-refractivity contribution is 9.10. The molecule has 0 spiro atoms. The molecule has 0 amide bonds. The molecular weight excluding hydrogens is 288 g/mol. The molecular formula is C15H23BrN2. The summed E-state index contributed by atoms with van der Waals surface area (Å²) in [6, 6.07) is 6.52. The van der Waals surface area contributed by atoms with Crippen LogP contribution in [0.25, 0.3) is 0 Å². The Morgan fingerprint density at radius 2 is 2.11 bits per heavy atom. The van der Waals surface area contributed by atoms with E-state index in [4.69, 9.17) is 5.73 Å². The molecule has 0 aliphatic heterocycles. The lowest BCUT2D eigenvalue weighted by Crippen LogP contribution is -2.32. The smallest absolute Gasteiger partial charge is 0.0178 e. The minimum Gasteiger partial charge on any atom is -0.330 e. The summed E-state index contributed by atoms with van der Waals surface area (Å²) in [7, 11) is 2.21. The van der Waals surface area contributed by atoms with Crippen molar-refractivity contribution >= 4 is 15.9 Å². The second-order valence-electron chi connectivity index (χ2n) is 5.76. The first-order chi connectivity index (χ1) is 8.54. The molecule has 1 aromatic rings. The van der Waals surface area contributed by atoms with E-state index in [9.17, 15) is 0 Å². The van der Waals surface area contributed by atoms with Crippen LogP contribution >= 0.6 is 15.9 Å². The normalized spacial score (nSPS) is 17.2. The highest BCUT2D eigenvalue weighted by Crippen LogP contribution is 2.44. The van der Waals surface area contributed by atoms with E-state index < -0.39 is 0 Å². The number of halogens is 1. The topological polar surface area (TPSA) is 29.3 Å². The Kier molecular flexibility index (Phi) is 4.46. The zero-order valence-electron chi connectivity index (χ0n) is 11.4. The van der Waals surface area contributed by atoms with E-state index in [1.165, 1.54) is 28.4 Å². The molecule has 1 aliphatic carbocycles. The molecule has 1 saturated carbocycles. The molecule has 0 heterocycles. The van der Waals surface area contributed by atoms with Crippen LogP contribution in [0.4, 0.5) is 0 Å². The predicted octanol–water partition coefficient (Wildman–Crippen LogP) is 2.97. The van der Waals surface area contributed by atoms with Gasteiger partial charge in [-0.2, -0.15) is 0 Å². The molecule has 2 rings (SSSR count). The van der Waals surface area contributed by atoms with Gasteiger partial charge in [0.05, 0.1) is 0 Å². The summed E-state index contributed by atoms with van der Waals surface area (Å²) in [6.07, 6.45) is 3.73. The minimum atomic E-state index is 0.446. The second-order valence-corrected chi connectivity index (χ2v) is 6.68. The van der Waals surface area contributed by atoms with Gasteiger partial charge in [-0.15, -0.1) is 0 Å². The zero-order chi connectivity index (χ0) is 13.2. The summed E-state index contributed by atoms with van der Waals surface area (Å²) >= 11 is 3.54. The van der Waals surface area contributed by atoms with Crippen molar-refractivity contribution in [3.05, 3.63) is 33.8 Å². The molecule has 100 valence electrons. The third-order valence-electron chi connectivity index (χ3n) is 4.07. The SMILES string of the molecule is Cc1ccc(Br)cc1CCN(C)CC1(CN)CC1. The van der Waals surface area contributed by atoms with Crippen molar-refractivity contribution in [2.24, 2.45) is 11.1 Å². The highest BCUT2D eigenvalue weighted by Gasteiger charge is 2.41. The molecule has 0 saturated heterocycles. The number of rotatable bonds is 6. The van der Waals surface area contributed by atoms with Gasteiger partial charge in [0.25, 0.3) is 0 Å². The molecule has 3 heteroatoms. The van der Waals surface area contributed by atoms with Gasteiger partial charge in [0.15, 0.2) is 0 Å². The Labute approximate surface area is 119 Å². The molecule has 0 bridgehead atoms. The maximum Gasteiger partial charge on any atom is 0.0178 e. The first-order valence-corrected chi connectivity index (χ1v) is 7.48. The minimum absolute atomic E-state index is 0.446. The first kappa shape index (κ1) is 14.0. The lowest BCUT2D eigenvalue weighted by Gasteiger charge is -2.22. The second kappa shape index (κ2) is 5.72. The number of hydrogen-bond acceptors (Lipinski definition) is 2.